The lowest BCUT2D eigenvalue weighted by molar-refractivity contribution is 0.0147. The van der Waals surface area contributed by atoms with Gasteiger partial charge in [0, 0.05) is 0 Å². The van der Waals surface area contributed by atoms with Gasteiger partial charge in [-0.05, 0) is 30.9 Å². The number of carboxylic acid groups (broad SMARTS) is 1. The van der Waals surface area contributed by atoms with Gasteiger partial charge in [-0.1, -0.05) is 65.0 Å². The lowest BCUT2D eigenvalue weighted by atomic mass is 9.99. The number of hydrogen-bond acceptors (Lipinski definition) is 3. The molecule has 1 atom stereocenters. The van der Waals surface area contributed by atoms with Crippen LogP contribution in [0.5, 0.6) is 0 Å². The fraction of sp³-hybridized carbons (Fsp3) is 0.600. The Bertz CT molecular complexity index is 522. The highest BCUT2D eigenvalue weighted by Gasteiger charge is 2.22. The Hall–Kier alpha value is -1.84. The third-order valence-corrected chi connectivity index (χ3v) is 4.22. The SMILES string of the molecule is CCCCCCCC[C@H](OC(=O)c1ccccc1C(=O)O)C(C)C. The van der Waals surface area contributed by atoms with Crippen LogP contribution in [0.25, 0.3) is 0 Å². The van der Waals surface area contributed by atoms with E-state index in [2.05, 4.69) is 6.92 Å². The van der Waals surface area contributed by atoms with E-state index in [1.165, 1.54) is 37.8 Å². The first-order valence-corrected chi connectivity index (χ1v) is 9.00. The van der Waals surface area contributed by atoms with Crippen molar-refractivity contribution in [2.24, 2.45) is 5.92 Å². The van der Waals surface area contributed by atoms with Crippen LogP contribution in [0.3, 0.4) is 0 Å². The fourth-order valence-corrected chi connectivity index (χ4v) is 2.70. The molecule has 24 heavy (non-hydrogen) atoms. The summed E-state index contributed by atoms with van der Waals surface area (Å²) in [6.07, 6.45) is 7.80. The monoisotopic (exact) mass is 334 g/mol. The third-order valence-electron chi connectivity index (χ3n) is 4.22. The molecule has 0 saturated heterocycles. The number of unbranched alkanes of at least 4 members (excludes halogenated alkanes) is 5. The van der Waals surface area contributed by atoms with Crippen LogP contribution in [0.1, 0.15) is 86.4 Å². The molecule has 0 unspecified atom stereocenters. The van der Waals surface area contributed by atoms with Crippen LogP contribution in [-0.4, -0.2) is 23.1 Å². The first-order chi connectivity index (χ1) is 11.5. The van der Waals surface area contributed by atoms with E-state index in [1.807, 2.05) is 13.8 Å². The Kier molecular flexibility index (Phi) is 9.13. The molecule has 0 aliphatic rings. The number of hydrogen-bond donors (Lipinski definition) is 1. The number of ether oxygens (including phenoxy) is 1. The quantitative estimate of drug-likeness (QED) is 0.439. The maximum absolute atomic E-state index is 12.4. The standard InChI is InChI=1S/C20H30O4/c1-4-5-6-7-8-9-14-18(15(2)3)24-20(23)17-13-11-10-12-16(17)19(21)22/h10-13,15,18H,4-9,14H2,1-3H3,(H,21,22)/t18-/m0/s1. The van der Waals surface area contributed by atoms with Gasteiger partial charge in [-0.15, -0.1) is 0 Å². The molecule has 0 saturated carbocycles. The first kappa shape index (κ1) is 20.2. The molecule has 1 aromatic carbocycles. The van der Waals surface area contributed by atoms with Crippen LogP contribution < -0.4 is 0 Å². The van der Waals surface area contributed by atoms with Crippen LogP contribution >= 0.6 is 0 Å². The fourth-order valence-electron chi connectivity index (χ4n) is 2.70. The van der Waals surface area contributed by atoms with Gasteiger partial charge in [0.15, 0.2) is 0 Å². The van der Waals surface area contributed by atoms with E-state index in [0.29, 0.717) is 0 Å². The van der Waals surface area contributed by atoms with E-state index in [4.69, 9.17) is 4.74 Å². The van der Waals surface area contributed by atoms with Crippen molar-refractivity contribution in [3.05, 3.63) is 35.4 Å². The Morgan fingerprint density at radius 2 is 1.58 bits per heavy atom. The minimum atomic E-state index is -1.11. The van der Waals surface area contributed by atoms with Gasteiger partial charge in [0.1, 0.15) is 6.10 Å². The highest BCUT2D eigenvalue weighted by molar-refractivity contribution is 6.02. The molecule has 0 bridgehead atoms. The smallest absolute Gasteiger partial charge is 0.339 e. The van der Waals surface area contributed by atoms with E-state index in [1.54, 1.807) is 12.1 Å². The minimum Gasteiger partial charge on any atom is -0.478 e. The van der Waals surface area contributed by atoms with Gasteiger partial charge in [-0.2, -0.15) is 0 Å². The zero-order valence-corrected chi connectivity index (χ0v) is 15.1. The Morgan fingerprint density at radius 3 is 2.17 bits per heavy atom. The van der Waals surface area contributed by atoms with Crippen molar-refractivity contribution in [3.63, 3.8) is 0 Å². The predicted octanol–water partition coefficient (Wildman–Crippen LogP) is 5.32. The van der Waals surface area contributed by atoms with Crippen molar-refractivity contribution in [1.29, 1.82) is 0 Å². The summed E-state index contributed by atoms with van der Waals surface area (Å²) in [6.45, 7) is 6.25. The van der Waals surface area contributed by atoms with Crippen molar-refractivity contribution in [3.8, 4) is 0 Å². The zero-order chi connectivity index (χ0) is 17.9. The maximum atomic E-state index is 12.4. The average molecular weight is 334 g/mol. The van der Waals surface area contributed by atoms with E-state index >= 15 is 0 Å². The molecule has 134 valence electrons. The minimum absolute atomic E-state index is 0.00966. The summed E-state index contributed by atoms with van der Waals surface area (Å²) in [5.41, 5.74) is 0.114. The second-order valence-electron chi connectivity index (χ2n) is 6.59. The Morgan fingerprint density at radius 1 is 1.00 bits per heavy atom. The van der Waals surface area contributed by atoms with Gasteiger partial charge in [0.2, 0.25) is 0 Å². The molecule has 0 amide bonds. The summed E-state index contributed by atoms with van der Waals surface area (Å²) in [7, 11) is 0. The zero-order valence-electron chi connectivity index (χ0n) is 15.1. The molecule has 0 heterocycles. The van der Waals surface area contributed by atoms with Crippen LogP contribution in [0.4, 0.5) is 0 Å². The topological polar surface area (TPSA) is 63.6 Å². The summed E-state index contributed by atoms with van der Waals surface area (Å²) < 4.78 is 5.61. The summed E-state index contributed by atoms with van der Waals surface area (Å²) >= 11 is 0. The predicted molar refractivity (Wildman–Crippen MR) is 95.4 cm³/mol. The molecule has 0 aromatic heterocycles. The second-order valence-corrected chi connectivity index (χ2v) is 6.59. The van der Waals surface area contributed by atoms with Crippen molar-refractivity contribution < 1.29 is 19.4 Å². The van der Waals surface area contributed by atoms with Crippen molar-refractivity contribution in [2.45, 2.75) is 71.8 Å². The van der Waals surface area contributed by atoms with Crippen LogP contribution in [0, 0.1) is 5.92 Å². The highest BCUT2D eigenvalue weighted by atomic mass is 16.5. The second kappa shape index (κ2) is 10.8. The maximum Gasteiger partial charge on any atom is 0.339 e. The number of aromatic carboxylic acids is 1. The summed E-state index contributed by atoms with van der Waals surface area (Å²) in [5.74, 6) is -1.45. The molecule has 0 aliphatic heterocycles. The van der Waals surface area contributed by atoms with E-state index in [-0.39, 0.29) is 23.1 Å². The molecular weight excluding hydrogens is 304 g/mol. The van der Waals surface area contributed by atoms with Crippen molar-refractivity contribution >= 4 is 11.9 Å². The van der Waals surface area contributed by atoms with Gasteiger partial charge in [0.05, 0.1) is 11.1 Å². The molecule has 1 rings (SSSR count). The van der Waals surface area contributed by atoms with E-state index in [9.17, 15) is 14.7 Å². The largest absolute Gasteiger partial charge is 0.478 e. The molecule has 0 aliphatic carbocycles. The molecule has 1 aromatic rings. The first-order valence-electron chi connectivity index (χ1n) is 9.00. The number of benzene rings is 1. The summed E-state index contributed by atoms with van der Waals surface area (Å²) in [5, 5.41) is 9.19. The van der Waals surface area contributed by atoms with E-state index < -0.39 is 11.9 Å². The molecule has 4 nitrogen and oxygen atoms in total. The van der Waals surface area contributed by atoms with E-state index in [0.717, 1.165) is 19.3 Å². The van der Waals surface area contributed by atoms with Crippen LogP contribution in [-0.2, 0) is 4.74 Å². The number of carbonyl (C=O) groups excluding carboxylic acids is 1. The van der Waals surface area contributed by atoms with Crippen molar-refractivity contribution in [1.82, 2.24) is 0 Å². The molecule has 4 heteroatoms. The Labute approximate surface area is 145 Å². The number of esters is 1. The molecule has 0 spiro atoms. The lowest BCUT2D eigenvalue weighted by Crippen LogP contribution is -2.24. The number of carboxylic acids is 1. The normalized spacial score (nSPS) is 12.2. The molecular formula is C20H30O4. The lowest BCUT2D eigenvalue weighted by Gasteiger charge is -2.22. The van der Waals surface area contributed by atoms with Crippen LogP contribution in [0.2, 0.25) is 0 Å². The number of rotatable bonds is 11. The third kappa shape index (κ3) is 6.73. The van der Waals surface area contributed by atoms with Gasteiger partial charge in [-0.25, -0.2) is 9.59 Å². The van der Waals surface area contributed by atoms with Crippen molar-refractivity contribution in [2.75, 3.05) is 0 Å². The van der Waals surface area contributed by atoms with Crippen LogP contribution in [0.15, 0.2) is 24.3 Å². The van der Waals surface area contributed by atoms with Gasteiger partial charge >= 0.3 is 11.9 Å². The molecule has 0 fully saturated rings. The average Bonchev–Trinajstić information content (AvgIpc) is 2.56. The van der Waals surface area contributed by atoms with Gasteiger partial charge in [0.25, 0.3) is 0 Å². The van der Waals surface area contributed by atoms with Gasteiger partial charge < -0.3 is 9.84 Å². The van der Waals surface area contributed by atoms with Gasteiger partial charge in [-0.3, -0.25) is 0 Å². The molecule has 1 N–H and O–H groups in total. The highest BCUT2D eigenvalue weighted by Crippen LogP contribution is 2.19. The molecule has 0 radical (unpaired) electrons. The summed E-state index contributed by atoms with van der Waals surface area (Å²) in [4.78, 5) is 23.6. The number of carbonyl (C=O) groups is 2. The summed E-state index contributed by atoms with van der Waals surface area (Å²) in [6, 6.07) is 6.20. The Balaban J connectivity index is 2.59.